The fourth-order valence-corrected chi connectivity index (χ4v) is 1.81. The van der Waals surface area contributed by atoms with E-state index in [0.29, 0.717) is 10.9 Å². The van der Waals surface area contributed by atoms with E-state index >= 15 is 0 Å². The number of methoxy groups -OCH3 is 1. The summed E-state index contributed by atoms with van der Waals surface area (Å²) in [5.74, 6) is -0.248. The topological polar surface area (TPSA) is 9.23 Å². The molecule has 0 aromatic heterocycles. The molecule has 1 rings (SSSR count). The van der Waals surface area contributed by atoms with E-state index in [0.717, 1.165) is 5.57 Å². The Kier molecular flexibility index (Phi) is 3.23. The smallest absolute Gasteiger partial charge is 0.120 e. The van der Waals surface area contributed by atoms with Gasteiger partial charge < -0.3 is 4.74 Å². The van der Waals surface area contributed by atoms with Crippen LogP contribution in [0.3, 0.4) is 0 Å². The lowest BCUT2D eigenvalue weighted by Crippen LogP contribution is -2.11. The van der Waals surface area contributed by atoms with E-state index < -0.39 is 0 Å². The molecule has 1 atom stereocenters. The van der Waals surface area contributed by atoms with Gasteiger partial charge in [0.15, 0.2) is 0 Å². The van der Waals surface area contributed by atoms with Crippen LogP contribution in [0.5, 0.6) is 0 Å². The van der Waals surface area contributed by atoms with Gasteiger partial charge in [-0.15, -0.1) is 0 Å². The van der Waals surface area contributed by atoms with Gasteiger partial charge in [0.25, 0.3) is 0 Å². The maximum absolute atomic E-state index is 12.8. The molecule has 0 heterocycles. The van der Waals surface area contributed by atoms with Crippen LogP contribution in [-0.2, 0) is 4.74 Å². The minimum absolute atomic E-state index is 0.213. The zero-order valence-corrected chi connectivity index (χ0v) is 8.40. The highest BCUT2D eigenvalue weighted by Crippen LogP contribution is 2.27. The maximum Gasteiger partial charge on any atom is 0.120 e. The lowest BCUT2D eigenvalue weighted by Gasteiger charge is -2.14. The molecule has 0 aromatic rings. The minimum Gasteiger partial charge on any atom is -0.372 e. The Morgan fingerprint density at radius 3 is 3.00 bits per heavy atom. The molecule has 0 N–H and O–H groups in total. The molecule has 12 heavy (non-hydrogen) atoms. The third-order valence-electron chi connectivity index (χ3n) is 1.69. The molecule has 1 aliphatic rings. The third kappa shape index (κ3) is 2.05. The number of rotatable bonds is 1. The van der Waals surface area contributed by atoms with Crippen molar-refractivity contribution in [1.29, 1.82) is 0 Å². The van der Waals surface area contributed by atoms with Crippen molar-refractivity contribution in [3.8, 4) is 0 Å². The fourth-order valence-electron chi connectivity index (χ4n) is 1.08. The Morgan fingerprint density at radius 2 is 2.42 bits per heavy atom. The summed E-state index contributed by atoms with van der Waals surface area (Å²) in [7, 11) is 1.58. The Labute approximate surface area is 79.7 Å². The van der Waals surface area contributed by atoms with Crippen LogP contribution < -0.4 is 0 Å². The maximum atomic E-state index is 12.8. The summed E-state index contributed by atoms with van der Waals surface area (Å²) in [5.41, 5.74) is 0.855. The van der Waals surface area contributed by atoms with E-state index in [4.69, 9.17) is 4.74 Å². The van der Waals surface area contributed by atoms with Crippen molar-refractivity contribution >= 4 is 15.9 Å². The number of hydrogen-bond donors (Lipinski definition) is 0. The van der Waals surface area contributed by atoms with E-state index in [2.05, 4.69) is 22.5 Å². The van der Waals surface area contributed by atoms with Crippen LogP contribution >= 0.6 is 15.9 Å². The van der Waals surface area contributed by atoms with Gasteiger partial charge >= 0.3 is 0 Å². The quantitative estimate of drug-likeness (QED) is 0.632. The molecule has 0 saturated carbocycles. The van der Waals surface area contributed by atoms with Crippen molar-refractivity contribution in [2.24, 2.45) is 0 Å². The summed E-state index contributed by atoms with van der Waals surface area (Å²) in [4.78, 5) is 0. The molecule has 0 amide bonds. The molecule has 1 unspecified atom stereocenters. The van der Waals surface area contributed by atoms with Gasteiger partial charge in [0.1, 0.15) is 11.9 Å². The normalized spacial score (nSPS) is 24.6. The zero-order valence-electron chi connectivity index (χ0n) is 6.81. The average molecular weight is 233 g/mol. The second kappa shape index (κ2) is 4.01. The summed E-state index contributed by atoms with van der Waals surface area (Å²) in [6, 6.07) is 0. The van der Waals surface area contributed by atoms with Gasteiger partial charge in [-0.1, -0.05) is 22.5 Å². The summed E-state index contributed by atoms with van der Waals surface area (Å²) in [6.07, 6.45) is 3.21. The number of halogens is 2. The molecule has 1 aliphatic carbocycles. The van der Waals surface area contributed by atoms with Crippen molar-refractivity contribution in [1.82, 2.24) is 0 Å². The van der Waals surface area contributed by atoms with Gasteiger partial charge in [0.05, 0.1) is 0 Å². The molecule has 0 bridgehead atoms. The summed E-state index contributed by atoms with van der Waals surface area (Å²) in [5, 5.41) is 0. The highest BCUT2D eigenvalue weighted by molar-refractivity contribution is 9.11. The monoisotopic (exact) mass is 232 g/mol. The molecular weight excluding hydrogens is 223 g/mol. The van der Waals surface area contributed by atoms with Crippen molar-refractivity contribution < 1.29 is 9.13 Å². The predicted octanol–water partition coefficient (Wildman–Crippen LogP) is 3.09. The molecule has 1 nitrogen and oxygen atoms in total. The SMILES string of the molecule is C=C1CC=C(F)C=C(Br)C1OC. The van der Waals surface area contributed by atoms with E-state index in [1.54, 1.807) is 7.11 Å². The van der Waals surface area contributed by atoms with Crippen LogP contribution in [0, 0.1) is 0 Å². The van der Waals surface area contributed by atoms with Crippen LogP contribution in [0.1, 0.15) is 6.42 Å². The highest BCUT2D eigenvalue weighted by Gasteiger charge is 2.17. The first-order chi connectivity index (χ1) is 5.65. The number of hydrogen-bond acceptors (Lipinski definition) is 1. The predicted molar refractivity (Wildman–Crippen MR) is 50.8 cm³/mol. The van der Waals surface area contributed by atoms with Crippen molar-refractivity contribution in [3.05, 3.63) is 34.6 Å². The average Bonchev–Trinajstić information content (AvgIpc) is 2.12. The van der Waals surface area contributed by atoms with Crippen molar-refractivity contribution in [3.63, 3.8) is 0 Å². The summed E-state index contributed by atoms with van der Waals surface area (Å²) < 4.78 is 18.6. The van der Waals surface area contributed by atoms with Crippen LogP contribution in [0.25, 0.3) is 0 Å². The van der Waals surface area contributed by atoms with E-state index in [1.165, 1.54) is 12.2 Å². The molecular formula is C9H10BrFO. The van der Waals surface area contributed by atoms with Gasteiger partial charge in [-0.25, -0.2) is 4.39 Å². The Balaban J connectivity index is 2.92. The first-order valence-electron chi connectivity index (χ1n) is 3.58. The zero-order chi connectivity index (χ0) is 9.14. The summed E-state index contributed by atoms with van der Waals surface area (Å²) in [6.45, 7) is 3.80. The minimum atomic E-state index is -0.248. The highest BCUT2D eigenvalue weighted by atomic mass is 79.9. The fraction of sp³-hybridized carbons (Fsp3) is 0.333. The lowest BCUT2D eigenvalue weighted by molar-refractivity contribution is 0.165. The molecule has 0 spiro atoms. The number of allylic oxidation sites excluding steroid dienone is 3. The molecule has 3 heteroatoms. The molecule has 0 saturated heterocycles. The third-order valence-corrected chi connectivity index (χ3v) is 2.34. The second-order valence-corrected chi connectivity index (χ2v) is 3.51. The van der Waals surface area contributed by atoms with Gasteiger partial charge in [-0.05, 0) is 24.1 Å². The van der Waals surface area contributed by atoms with E-state index in [-0.39, 0.29) is 11.9 Å². The largest absolute Gasteiger partial charge is 0.372 e. The van der Waals surface area contributed by atoms with Crippen molar-refractivity contribution in [2.45, 2.75) is 12.5 Å². The molecule has 0 aromatic carbocycles. The first kappa shape index (κ1) is 9.68. The molecule has 0 aliphatic heterocycles. The van der Waals surface area contributed by atoms with Crippen LogP contribution in [-0.4, -0.2) is 13.2 Å². The Hall–Kier alpha value is -0.410. The molecule has 0 radical (unpaired) electrons. The summed E-state index contributed by atoms with van der Waals surface area (Å²) >= 11 is 3.24. The van der Waals surface area contributed by atoms with Gasteiger partial charge in [0, 0.05) is 11.6 Å². The lowest BCUT2D eigenvalue weighted by atomic mass is 10.1. The van der Waals surface area contributed by atoms with Crippen LogP contribution in [0.15, 0.2) is 34.6 Å². The Bertz CT molecular complexity index is 255. The van der Waals surface area contributed by atoms with E-state index in [9.17, 15) is 4.39 Å². The molecule has 0 fully saturated rings. The van der Waals surface area contributed by atoms with Crippen LogP contribution in [0.2, 0.25) is 0 Å². The van der Waals surface area contributed by atoms with Gasteiger partial charge in [-0.3, -0.25) is 0 Å². The second-order valence-electron chi connectivity index (χ2n) is 2.60. The van der Waals surface area contributed by atoms with Crippen molar-refractivity contribution in [2.75, 3.05) is 7.11 Å². The standard InChI is InChI=1S/C9H10BrFO/c1-6-3-4-7(11)5-8(10)9(6)12-2/h4-5,9H,1,3H2,2H3. The number of ether oxygens (including phenoxy) is 1. The van der Waals surface area contributed by atoms with Gasteiger partial charge in [0.2, 0.25) is 0 Å². The Morgan fingerprint density at radius 1 is 1.75 bits per heavy atom. The van der Waals surface area contributed by atoms with E-state index in [1.807, 2.05) is 0 Å². The first-order valence-corrected chi connectivity index (χ1v) is 4.37. The molecule has 66 valence electrons. The van der Waals surface area contributed by atoms with Crippen LogP contribution in [0.4, 0.5) is 4.39 Å². The van der Waals surface area contributed by atoms with Gasteiger partial charge in [-0.2, -0.15) is 0 Å².